The zero-order valence-corrected chi connectivity index (χ0v) is 19.9. The van der Waals surface area contributed by atoms with Crippen LogP contribution < -0.4 is 14.4 Å². The van der Waals surface area contributed by atoms with Gasteiger partial charge in [-0.3, -0.25) is 9.69 Å². The monoisotopic (exact) mass is 511 g/mol. The molecule has 1 saturated heterocycles. The van der Waals surface area contributed by atoms with E-state index in [1.165, 1.54) is 16.7 Å². The van der Waals surface area contributed by atoms with E-state index >= 15 is 0 Å². The summed E-state index contributed by atoms with van der Waals surface area (Å²) in [5.74, 6) is 1.14. The Morgan fingerprint density at radius 2 is 1.93 bits per heavy atom. The number of benzene rings is 2. The third-order valence-electron chi connectivity index (χ3n) is 3.96. The summed E-state index contributed by atoms with van der Waals surface area (Å²) in [7, 11) is 0. The van der Waals surface area contributed by atoms with Gasteiger partial charge in [-0.2, -0.15) is 0 Å². The number of nitrogens with zero attached hydrogens (tertiary/aromatic N) is 1. The number of thiocarbonyl (C=S) groups is 1. The largest absolute Gasteiger partial charge is 0.490 e. The van der Waals surface area contributed by atoms with Gasteiger partial charge < -0.3 is 9.47 Å². The lowest BCUT2D eigenvalue weighted by Gasteiger charge is -2.15. The van der Waals surface area contributed by atoms with Gasteiger partial charge in [-0.25, -0.2) is 0 Å². The molecule has 152 valence electrons. The second-order valence-electron chi connectivity index (χ2n) is 6.10. The van der Waals surface area contributed by atoms with Crippen molar-refractivity contribution in [2.45, 2.75) is 20.3 Å². The van der Waals surface area contributed by atoms with Crippen LogP contribution in [0.15, 0.2) is 45.8 Å². The maximum Gasteiger partial charge on any atom is 0.270 e. The molecule has 0 atom stereocenters. The van der Waals surface area contributed by atoms with Gasteiger partial charge >= 0.3 is 0 Å². The molecule has 29 heavy (non-hydrogen) atoms. The number of thioether (sulfide) groups is 1. The molecule has 0 bridgehead atoms. The smallest absolute Gasteiger partial charge is 0.270 e. The van der Waals surface area contributed by atoms with E-state index < -0.39 is 0 Å². The van der Waals surface area contributed by atoms with E-state index in [1.807, 2.05) is 32.1 Å². The molecule has 0 saturated carbocycles. The molecule has 0 radical (unpaired) electrons. The molecule has 0 spiro atoms. The first-order chi connectivity index (χ1) is 13.9. The predicted octanol–water partition coefficient (Wildman–Crippen LogP) is 6.70. The first kappa shape index (κ1) is 22.2. The average molecular weight is 513 g/mol. The quantitative estimate of drug-likeness (QED) is 0.305. The first-order valence-corrected chi connectivity index (χ1v) is 11.5. The molecule has 4 nitrogen and oxygen atoms in total. The zero-order chi connectivity index (χ0) is 21.0. The molecular formula is C21H19BrClNO3S2. The highest BCUT2D eigenvalue weighted by atomic mass is 79.9. The van der Waals surface area contributed by atoms with Gasteiger partial charge in [0.25, 0.3) is 5.91 Å². The van der Waals surface area contributed by atoms with Crippen LogP contribution in [0.1, 0.15) is 25.8 Å². The normalized spacial score (nSPS) is 15.3. The molecule has 1 aliphatic rings. The number of carbonyl (C=O) groups is 1. The minimum absolute atomic E-state index is 0.164. The Kier molecular flexibility index (Phi) is 7.62. The molecule has 0 unspecified atom stereocenters. The molecule has 1 aliphatic heterocycles. The van der Waals surface area contributed by atoms with E-state index in [-0.39, 0.29) is 5.91 Å². The van der Waals surface area contributed by atoms with Gasteiger partial charge in [-0.05, 0) is 77.3 Å². The minimum atomic E-state index is -0.164. The standard InChI is InChI=1S/C21H19BrClNO3S2/c1-3-9-27-19-16(22)10-13(11-17(19)26-4-2)12-18-20(25)24(21(28)29-18)15-7-5-14(23)6-8-15/h5-8,10-12H,3-4,9H2,1-2H3/b18-12+. The number of hydrogen-bond acceptors (Lipinski definition) is 5. The number of carbonyl (C=O) groups excluding carboxylic acids is 1. The summed E-state index contributed by atoms with van der Waals surface area (Å²) in [5.41, 5.74) is 1.51. The van der Waals surface area contributed by atoms with Crippen LogP contribution in [0, 0.1) is 0 Å². The molecular weight excluding hydrogens is 494 g/mol. The topological polar surface area (TPSA) is 38.8 Å². The fourth-order valence-electron chi connectivity index (χ4n) is 2.71. The average Bonchev–Trinajstić information content (AvgIpc) is 2.95. The van der Waals surface area contributed by atoms with Crippen LogP contribution >= 0.6 is 51.5 Å². The second-order valence-corrected chi connectivity index (χ2v) is 9.07. The Labute approximate surface area is 193 Å². The Bertz CT molecular complexity index is 963. The lowest BCUT2D eigenvalue weighted by molar-refractivity contribution is -0.113. The highest BCUT2D eigenvalue weighted by Crippen LogP contribution is 2.40. The lowest BCUT2D eigenvalue weighted by Crippen LogP contribution is -2.27. The van der Waals surface area contributed by atoms with E-state index in [2.05, 4.69) is 15.9 Å². The molecule has 2 aromatic carbocycles. The maximum absolute atomic E-state index is 13.0. The number of hydrogen-bond donors (Lipinski definition) is 0. The van der Waals surface area contributed by atoms with Gasteiger partial charge in [0, 0.05) is 5.02 Å². The summed E-state index contributed by atoms with van der Waals surface area (Å²) >= 11 is 16.2. The Morgan fingerprint density at radius 3 is 2.59 bits per heavy atom. The van der Waals surface area contributed by atoms with Crippen LogP contribution in [-0.4, -0.2) is 23.4 Å². The Balaban J connectivity index is 1.92. The van der Waals surface area contributed by atoms with Crippen molar-refractivity contribution < 1.29 is 14.3 Å². The first-order valence-electron chi connectivity index (χ1n) is 9.07. The van der Waals surface area contributed by atoms with Crippen LogP contribution in [0.2, 0.25) is 5.02 Å². The van der Waals surface area contributed by atoms with Crippen molar-refractivity contribution in [2.75, 3.05) is 18.1 Å². The lowest BCUT2D eigenvalue weighted by atomic mass is 10.1. The Hall–Kier alpha value is -1.54. The Morgan fingerprint density at radius 1 is 1.21 bits per heavy atom. The van der Waals surface area contributed by atoms with E-state index in [1.54, 1.807) is 24.3 Å². The minimum Gasteiger partial charge on any atom is -0.490 e. The zero-order valence-electron chi connectivity index (χ0n) is 15.9. The van der Waals surface area contributed by atoms with Crippen LogP contribution in [0.3, 0.4) is 0 Å². The molecule has 0 N–H and O–H groups in total. The van der Waals surface area contributed by atoms with E-state index in [4.69, 9.17) is 33.3 Å². The SMILES string of the molecule is CCCOc1c(Br)cc(/C=C2/SC(=S)N(c3ccc(Cl)cc3)C2=O)cc1OCC. The fraction of sp³-hybridized carbons (Fsp3) is 0.238. The van der Waals surface area contributed by atoms with Gasteiger partial charge in [0.15, 0.2) is 15.8 Å². The van der Waals surface area contributed by atoms with Crippen LogP contribution in [0.5, 0.6) is 11.5 Å². The number of ether oxygens (including phenoxy) is 2. The van der Waals surface area contributed by atoms with Gasteiger partial charge in [0.2, 0.25) is 0 Å². The van der Waals surface area contributed by atoms with Gasteiger partial charge in [-0.1, -0.05) is 42.5 Å². The molecule has 1 fully saturated rings. The molecule has 0 aromatic heterocycles. The van der Waals surface area contributed by atoms with E-state index in [9.17, 15) is 4.79 Å². The van der Waals surface area contributed by atoms with Crippen LogP contribution in [0.4, 0.5) is 5.69 Å². The maximum atomic E-state index is 13.0. The third-order valence-corrected chi connectivity index (χ3v) is 6.10. The highest BCUT2D eigenvalue weighted by Gasteiger charge is 2.33. The van der Waals surface area contributed by atoms with E-state index in [0.29, 0.717) is 44.6 Å². The van der Waals surface area contributed by atoms with Crippen molar-refractivity contribution in [2.24, 2.45) is 0 Å². The molecule has 2 aromatic rings. The summed E-state index contributed by atoms with van der Waals surface area (Å²) in [6.45, 7) is 5.07. The number of rotatable bonds is 7. The van der Waals surface area contributed by atoms with Crippen molar-refractivity contribution in [1.29, 1.82) is 0 Å². The van der Waals surface area contributed by atoms with Crippen LogP contribution in [0.25, 0.3) is 6.08 Å². The van der Waals surface area contributed by atoms with Gasteiger partial charge in [-0.15, -0.1) is 0 Å². The van der Waals surface area contributed by atoms with Crippen molar-refractivity contribution in [3.63, 3.8) is 0 Å². The molecule has 3 rings (SSSR count). The van der Waals surface area contributed by atoms with Crippen molar-refractivity contribution in [3.8, 4) is 11.5 Å². The van der Waals surface area contributed by atoms with Crippen molar-refractivity contribution in [3.05, 3.63) is 56.4 Å². The summed E-state index contributed by atoms with van der Waals surface area (Å²) in [4.78, 5) is 15.0. The summed E-state index contributed by atoms with van der Waals surface area (Å²) < 4.78 is 12.8. The number of anilines is 1. The van der Waals surface area contributed by atoms with Gasteiger partial charge in [0.1, 0.15) is 0 Å². The van der Waals surface area contributed by atoms with Crippen molar-refractivity contribution in [1.82, 2.24) is 0 Å². The summed E-state index contributed by atoms with van der Waals surface area (Å²) in [5, 5.41) is 0.605. The van der Waals surface area contributed by atoms with Crippen molar-refractivity contribution >= 4 is 73.5 Å². The predicted molar refractivity (Wildman–Crippen MR) is 128 cm³/mol. The summed E-state index contributed by atoms with van der Waals surface area (Å²) in [6.07, 6.45) is 2.71. The second kappa shape index (κ2) is 9.98. The highest BCUT2D eigenvalue weighted by molar-refractivity contribution is 9.10. The summed E-state index contributed by atoms with van der Waals surface area (Å²) in [6, 6.07) is 10.8. The molecule has 1 amide bonds. The third kappa shape index (κ3) is 5.15. The molecule has 1 heterocycles. The molecule has 0 aliphatic carbocycles. The molecule has 8 heteroatoms. The van der Waals surface area contributed by atoms with Gasteiger partial charge in [0.05, 0.1) is 28.3 Å². The number of halogens is 2. The van der Waals surface area contributed by atoms with E-state index in [0.717, 1.165) is 16.5 Å². The number of amides is 1. The fourth-order valence-corrected chi connectivity index (χ4v) is 4.71. The van der Waals surface area contributed by atoms with Crippen LogP contribution in [-0.2, 0) is 4.79 Å².